The number of carbonyl (C=O) groups excluding carboxylic acids is 1. The van der Waals surface area contributed by atoms with Crippen molar-refractivity contribution in [1.29, 1.82) is 0 Å². The van der Waals surface area contributed by atoms with Crippen molar-refractivity contribution in [2.24, 2.45) is 29.6 Å². The highest BCUT2D eigenvalue weighted by Crippen LogP contribution is 2.54. The van der Waals surface area contributed by atoms with Crippen LogP contribution < -0.4 is 0 Å². The van der Waals surface area contributed by atoms with Crippen molar-refractivity contribution in [2.45, 2.75) is 18.6 Å². The third-order valence-electron chi connectivity index (χ3n) is 6.82. The summed E-state index contributed by atoms with van der Waals surface area (Å²) < 4.78 is 27.3. The van der Waals surface area contributed by atoms with Crippen molar-refractivity contribution >= 4 is 5.97 Å². The predicted octanol–water partition coefficient (Wildman–Crippen LogP) is 1.55. The minimum absolute atomic E-state index is 0.0356. The Morgan fingerprint density at radius 2 is 1.79 bits per heavy atom. The number of carbonyl (C=O) groups is 1. The van der Waals surface area contributed by atoms with Crippen molar-refractivity contribution in [3.8, 4) is 0 Å². The summed E-state index contributed by atoms with van der Waals surface area (Å²) >= 11 is 0. The Bertz CT molecular complexity index is 853. The molecule has 8 nitrogen and oxygen atoms in total. The van der Waals surface area contributed by atoms with Gasteiger partial charge in [-0.2, -0.15) is 0 Å². The molecule has 1 saturated carbocycles. The number of allylic oxidation sites excluding steroid dienone is 2. The van der Waals surface area contributed by atoms with Crippen LogP contribution in [0, 0.1) is 29.6 Å². The van der Waals surface area contributed by atoms with Crippen LogP contribution in [0.2, 0.25) is 0 Å². The van der Waals surface area contributed by atoms with Crippen LogP contribution in [0.25, 0.3) is 0 Å². The van der Waals surface area contributed by atoms with Crippen molar-refractivity contribution in [3.05, 3.63) is 46.8 Å². The second kappa shape index (κ2) is 6.81. The van der Waals surface area contributed by atoms with Gasteiger partial charge in [-0.15, -0.1) is 0 Å². The van der Waals surface area contributed by atoms with E-state index in [-0.39, 0.29) is 48.8 Å². The molecule has 5 unspecified atom stereocenters. The van der Waals surface area contributed by atoms with E-state index >= 15 is 0 Å². The first-order chi connectivity index (χ1) is 14.0. The van der Waals surface area contributed by atoms with Crippen LogP contribution in [0.4, 0.5) is 0 Å². The molecule has 2 heterocycles. The van der Waals surface area contributed by atoms with E-state index in [0.717, 1.165) is 5.57 Å². The first-order valence-corrected chi connectivity index (χ1v) is 9.78. The molecule has 156 valence electrons. The molecule has 0 amide bonds. The van der Waals surface area contributed by atoms with Crippen LogP contribution in [0.3, 0.4) is 0 Å². The number of esters is 1. The standard InChI is InChI=1S/C21H24O8/c1-25-15-3-9(4-16(26-2)20(15)23)17-10-5-13-14(29-8-28-13)6-11(10)19(22)12-7-27-21(24)18(12)17/h3,5-6,10-12,16-19,22-23H,4,7-8H2,1-2H3/t10?,11?,12-,16?,17+,18?,19?/m0/s1. The van der Waals surface area contributed by atoms with Gasteiger partial charge in [0.1, 0.15) is 6.10 Å². The second-order valence-corrected chi connectivity index (χ2v) is 8.06. The molecule has 3 aliphatic carbocycles. The molecule has 8 heteroatoms. The van der Waals surface area contributed by atoms with E-state index in [1.54, 1.807) is 6.08 Å². The van der Waals surface area contributed by atoms with Crippen molar-refractivity contribution in [1.82, 2.24) is 0 Å². The molecule has 0 aromatic rings. The lowest BCUT2D eigenvalue weighted by atomic mass is 9.57. The molecule has 0 bridgehead atoms. The Kier molecular flexibility index (Phi) is 4.36. The zero-order chi connectivity index (χ0) is 20.3. The molecule has 29 heavy (non-hydrogen) atoms. The van der Waals surface area contributed by atoms with Gasteiger partial charge < -0.3 is 33.9 Å². The van der Waals surface area contributed by atoms with Gasteiger partial charge in [-0.25, -0.2) is 0 Å². The molecule has 3 fully saturated rings. The summed E-state index contributed by atoms with van der Waals surface area (Å²) in [5.74, 6) is -0.123. The number of ether oxygens (including phenoxy) is 5. The van der Waals surface area contributed by atoms with Gasteiger partial charge in [-0.1, -0.05) is 5.57 Å². The molecule has 7 atom stereocenters. The van der Waals surface area contributed by atoms with Crippen LogP contribution in [0.5, 0.6) is 0 Å². The Morgan fingerprint density at radius 1 is 1.07 bits per heavy atom. The molecular formula is C21H24O8. The maximum absolute atomic E-state index is 12.7. The highest BCUT2D eigenvalue weighted by Gasteiger charge is 2.58. The van der Waals surface area contributed by atoms with Crippen LogP contribution in [0.1, 0.15) is 6.42 Å². The first kappa shape index (κ1) is 18.6. The monoisotopic (exact) mass is 404 g/mol. The lowest BCUT2D eigenvalue weighted by molar-refractivity contribution is -0.144. The molecule has 0 aromatic carbocycles. The Hall–Kier alpha value is -2.45. The van der Waals surface area contributed by atoms with E-state index in [1.165, 1.54) is 14.2 Å². The van der Waals surface area contributed by atoms with Crippen LogP contribution >= 0.6 is 0 Å². The largest absolute Gasteiger partial charge is 0.506 e. The van der Waals surface area contributed by atoms with Gasteiger partial charge in [-0.3, -0.25) is 4.79 Å². The number of methoxy groups -OCH3 is 2. The van der Waals surface area contributed by atoms with Crippen LogP contribution in [-0.4, -0.2) is 56.0 Å². The van der Waals surface area contributed by atoms with Gasteiger partial charge in [0, 0.05) is 31.3 Å². The highest BCUT2D eigenvalue weighted by molar-refractivity contribution is 5.76. The zero-order valence-corrected chi connectivity index (χ0v) is 16.2. The third-order valence-corrected chi connectivity index (χ3v) is 6.82. The first-order valence-electron chi connectivity index (χ1n) is 9.78. The summed E-state index contributed by atoms with van der Waals surface area (Å²) in [7, 11) is 3.01. The zero-order valence-electron chi connectivity index (χ0n) is 16.2. The number of aliphatic hydroxyl groups excluding tert-OH is 2. The molecular weight excluding hydrogens is 380 g/mol. The summed E-state index contributed by atoms with van der Waals surface area (Å²) in [5.41, 5.74) is 0.926. The highest BCUT2D eigenvalue weighted by atomic mass is 16.7. The van der Waals surface area contributed by atoms with Gasteiger partial charge in [0.15, 0.2) is 23.0 Å². The van der Waals surface area contributed by atoms with Gasteiger partial charge >= 0.3 is 5.97 Å². The Balaban J connectivity index is 1.61. The minimum Gasteiger partial charge on any atom is -0.506 e. The van der Waals surface area contributed by atoms with Gasteiger partial charge in [0.2, 0.25) is 6.79 Å². The Morgan fingerprint density at radius 3 is 2.48 bits per heavy atom. The van der Waals surface area contributed by atoms with Gasteiger partial charge in [0.25, 0.3) is 0 Å². The fourth-order valence-corrected chi connectivity index (χ4v) is 5.44. The lowest BCUT2D eigenvalue weighted by Crippen LogP contribution is -2.50. The van der Waals surface area contributed by atoms with Crippen molar-refractivity contribution in [2.75, 3.05) is 27.6 Å². The van der Waals surface area contributed by atoms with E-state index in [0.29, 0.717) is 23.7 Å². The number of aliphatic hydroxyl groups is 2. The molecule has 2 aliphatic heterocycles. The van der Waals surface area contributed by atoms with Gasteiger partial charge in [-0.05, 0) is 24.1 Å². The molecule has 0 aromatic heterocycles. The summed E-state index contributed by atoms with van der Waals surface area (Å²) in [5, 5.41) is 21.4. The average molecular weight is 404 g/mol. The molecule has 2 N–H and O–H groups in total. The molecule has 2 saturated heterocycles. The van der Waals surface area contributed by atoms with Crippen LogP contribution in [0.15, 0.2) is 46.8 Å². The van der Waals surface area contributed by atoms with Gasteiger partial charge in [0.05, 0.1) is 25.7 Å². The number of cyclic esters (lactones) is 1. The molecule has 5 aliphatic rings. The van der Waals surface area contributed by atoms with E-state index < -0.39 is 18.1 Å². The summed E-state index contributed by atoms with van der Waals surface area (Å²) in [6.07, 6.45) is 4.79. The normalized spacial score (nSPS) is 40.4. The quantitative estimate of drug-likeness (QED) is 0.683. The number of rotatable bonds is 3. The fourth-order valence-electron chi connectivity index (χ4n) is 5.44. The lowest BCUT2D eigenvalue weighted by Gasteiger charge is -2.46. The van der Waals surface area contributed by atoms with E-state index in [9.17, 15) is 15.0 Å². The maximum Gasteiger partial charge on any atom is 0.310 e. The summed E-state index contributed by atoms with van der Waals surface area (Å²) in [6, 6.07) is 0. The molecule has 5 rings (SSSR count). The number of fused-ring (bicyclic) bond motifs is 3. The molecule has 0 spiro atoms. The Labute approximate surface area is 168 Å². The maximum atomic E-state index is 12.7. The van der Waals surface area contributed by atoms with E-state index in [2.05, 4.69) is 0 Å². The van der Waals surface area contributed by atoms with E-state index in [1.807, 2.05) is 12.2 Å². The van der Waals surface area contributed by atoms with E-state index in [4.69, 9.17) is 23.7 Å². The minimum atomic E-state index is -0.726. The smallest absolute Gasteiger partial charge is 0.310 e. The van der Waals surface area contributed by atoms with Crippen molar-refractivity contribution < 1.29 is 38.7 Å². The molecule has 0 radical (unpaired) electrons. The number of hydrogen-bond acceptors (Lipinski definition) is 8. The summed E-state index contributed by atoms with van der Waals surface area (Å²) in [6.45, 7) is 0.340. The van der Waals surface area contributed by atoms with Crippen molar-refractivity contribution in [3.63, 3.8) is 0 Å². The number of hydrogen-bond donors (Lipinski definition) is 2. The summed E-state index contributed by atoms with van der Waals surface area (Å²) in [4.78, 5) is 12.7. The SMILES string of the molecule is COC1=C(O)C(OC)CC([C@@H]2C3C=C4OCOC4=CC3C(O)[C@H]3COC(=O)C32)=C1. The topological polar surface area (TPSA) is 104 Å². The predicted molar refractivity (Wildman–Crippen MR) is 97.8 cm³/mol. The fraction of sp³-hybridized carbons (Fsp3) is 0.571. The second-order valence-electron chi connectivity index (χ2n) is 8.06. The van der Waals surface area contributed by atoms with Crippen LogP contribution in [-0.2, 0) is 28.5 Å². The average Bonchev–Trinajstić information content (AvgIpc) is 3.34. The third kappa shape index (κ3) is 2.69.